The van der Waals surface area contributed by atoms with Gasteiger partial charge in [0.15, 0.2) is 0 Å². The van der Waals surface area contributed by atoms with Gasteiger partial charge in [-0.1, -0.05) is 0 Å². The van der Waals surface area contributed by atoms with Crippen molar-refractivity contribution in [3.63, 3.8) is 0 Å². The first-order valence-corrected chi connectivity index (χ1v) is 6.58. The molecule has 2 heterocycles. The van der Waals surface area contributed by atoms with Gasteiger partial charge in [-0.15, -0.1) is 0 Å². The lowest BCUT2D eigenvalue weighted by molar-refractivity contribution is -0.134. The number of rotatable bonds is 3. The van der Waals surface area contributed by atoms with Gasteiger partial charge in [-0.05, 0) is 19.3 Å². The van der Waals surface area contributed by atoms with Crippen LogP contribution >= 0.6 is 0 Å². The Bertz CT molecular complexity index is 248. The number of hydrogen-bond acceptors (Lipinski definition) is 4. The first kappa shape index (κ1) is 12.8. The van der Waals surface area contributed by atoms with Crippen LogP contribution in [0.5, 0.6) is 0 Å². The van der Waals surface area contributed by atoms with Crippen molar-refractivity contribution in [2.75, 3.05) is 39.8 Å². The molecule has 0 aromatic carbocycles. The van der Waals surface area contributed by atoms with E-state index in [2.05, 4.69) is 10.6 Å². The highest BCUT2D eigenvalue weighted by Gasteiger charge is 2.25. The summed E-state index contributed by atoms with van der Waals surface area (Å²) in [5.74, 6) is 0.173. The lowest BCUT2D eigenvalue weighted by Gasteiger charge is -2.31. The third kappa shape index (κ3) is 3.66. The summed E-state index contributed by atoms with van der Waals surface area (Å²) in [6, 6.07) is -0.0719. The van der Waals surface area contributed by atoms with Gasteiger partial charge in [-0.3, -0.25) is 4.79 Å². The maximum atomic E-state index is 12.1. The summed E-state index contributed by atoms with van der Waals surface area (Å²) in [6.45, 7) is 4.10. The van der Waals surface area contributed by atoms with Crippen molar-refractivity contribution in [2.24, 2.45) is 0 Å². The monoisotopic (exact) mass is 241 g/mol. The van der Waals surface area contributed by atoms with Crippen molar-refractivity contribution in [1.82, 2.24) is 15.5 Å². The Balaban J connectivity index is 1.77. The Labute approximate surface area is 103 Å². The first-order chi connectivity index (χ1) is 8.27. The molecule has 2 fully saturated rings. The minimum atomic E-state index is -0.0719. The number of carbonyl (C=O) groups is 1. The predicted octanol–water partition coefficient (Wildman–Crippen LogP) is -0.425. The SMILES string of the molecule is CN(CC1CCCCO1)C(=O)C1CNCCN1. The van der Waals surface area contributed by atoms with Gasteiger partial charge in [0.05, 0.1) is 12.1 Å². The predicted molar refractivity (Wildman–Crippen MR) is 65.9 cm³/mol. The highest BCUT2D eigenvalue weighted by atomic mass is 16.5. The smallest absolute Gasteiger partial charge is 0.240 e. The minimum Gasteiger partial charge on any atom is -0.376 e. The number of piperazine rings is 1. The van der Waals surface area contributed by atoms with Crippen molar-refractivity contribution >= 4 is 5.91 Å². The number of carbonyl (C=O) groups excluding carboxylic acids is 1. The average molecular weight is 241 g/mol. The quantitative estimate of drug-likeness (QED) is 0.704. The largest absolute Gasteiger partial charge is 0.376 e. The van der Waals surface area contributed by atoms with Gasteiger partial charge in [0, 0.05) is 39.8 Å². The fourth-order valence-electron chi connectivity index (χ4n) is 2.44. The fourth-order valence-corrected chi connectivity index (χ4v) is 2.44. The summed E-state index contributed by atoms with van der Waals surface area (Å²) >= 11 is 0. The van der Waals surface area contributed by atoms with E-state index >= 15 is 0 Å². The molecule has 2 aliphatic heterocycles. The van der Waals surface area contributed by atoms with Gasteiger partial charge in [0.2, 0.25) is 5.91 Å². The molecular formula is C12H23N3O2. The van der Waals surface area contributed by atoms with E-state index in [4.69, 9.17) is 4.74 Å². The van der Waals surface area contributed by atoms with Crippen LogP contribution < -0.4 is 10.6 Å². The normalized spacial score (nSPS) is 29.9. The molecule has 5 nitrogen and oxygen atoms in total. The molecule has 5 heteroatoms. The van der Waals surface area contributed by atoms with Crippen molar-refractivity contribution in [2.45, 2.75) is 31.4 Å². The van der Waals surface area contributed by atoms with E-state index in [0.29, 0.717) is 0 Å². The number of nitrogens with zero attached hydrogens (tertiary/aromatic N) is 1. The molecule has 17 heavy (non-hydrogen) atoms. The maximum Gasteiger partial charge on any atom is 0.240 e. The number of ether oxygens (including phenoxy) is 1. The second kappa shape index (κ2) is 6.33. The Hall–Kier alpha value is -0.650. The zero-order chi connectivity index (χ0) is 12.1. The van der Waals surface area contributed by atoms with Gasteiger partial charge < -0.3 is 20.3 Å². The zero-order valence-corrected chi connectivity index (χ0v) is 10.6. The summed E-state index contributed by atoms with van der Waals surface area (Å²) in [7, 11) is 1.87. The molecule has 2 atom stereocenters. The van der Waals surface area contributed by atoms with E-state index in [1.165, 1.54) is 6.42 Å². The van der Waals surface area contributed by atoms with Crippen molar-refractivity contribution in [1.29, 1.82) is 0 Å². The number of likely N-dealkylation sites (N-methyl/N-ethyl adjacent to an activating group) is 1. The van der Waals surface area contributed by atoms with Gasteiger partial charge in [0.1, 0.15) is 0 Å². The second-order valence-corrected chi connectivity index (χ2v) is 4.92. The summed E-state index contributed by atoms with van der Waals surface area (Å²) in [5, 5.41) is 6.48. The van der Waals surface area contributed by atoms with Gasteiger partial charge >= 0.3 is 0 Å². The van der Waals surface area contributed by atoms with Crippen LogP contribution in [0.2, 0.25) is 0 Å². The van der Waals surface area contributed by atoms with E-state index in [0.717, 1.165) is 45.6 Å². The van der Waals surface area contributed by atoms with Crippen LogP contribution in [-0.4, -0.2) is 62.8 Å². The van der Waals surface area contributed by atoms with Crippen molar-refractivity contribution in [3.8, 4) is 0 Å². The first-order valence-electron chi connectivity index (χ1n) is 6.58. The van der Waals surface area contributed by atoms with Crippen LogP contribution in [0, 0.1) is 0 Å². The topological polar surface area (TPSA) is 53.6 Å². The molecule has 0 bridgehead atoms. The van der Waals surface area contributed by atoms with E-state index < -0.39 is 0 Å². The molecule has 2 N–H and O–H groups in total. The van der Waals surface area contributed by atoms with Crippen LogP contribution in [0.1, 0.15) is 19.3 Å². The molecule has 0 spiro atoms. The Kier molecular flexibility index (Phi) is 4.76. The van der Waals surface area contributed by atoms with Gasteiger partial charge in [-0.25, -0.2) is 0 Å². The lowest BCUT2D eigenvalue weighted by Crippen LogP contribution is -2.56. The molecule has 2 saturated heterocycles. The lowest BCUT2D eigenvalue weighted by atomic mass is 10.1. The van der Waals surface area contributed by atoms with Crippen LogP contribution in [0.15, 0.2) is 0 Å². The number of amides is 1. The Morgan fingerprint density at radius 1 is 1.41 bits per heavy atom. The molecule has 0 radical (unpaired) electrons. The van der Waals surface area contributed by atoms with Gasteiger partial charge in [0.25, 0.3) is 0 Å². The molecule has 0 saturated carbocycles. The van der Waals surface area contributed by atoms with Crippen LogP contribution in [0.25, 0.3) is 0 Å². The maximum absolute atomic E-state index is 12.1. The highest BCUT2D eigenvalue weighted by molar-refractivity contribution is 5.82. The van der Waals surface area contributed by atoms with Gasteiger partial charge in [-0.2, -0.15) is 0 Å². The molecular weight excluding hydrogens is 218 g/mol. The number of nitrogens with one attached hydrogen (secondary N) is 2. The molecule has 0 aromatic heterocycles. The summed E-state index contributed by atoms with van der Waals surface area (Å²) in [6.07, 6.45) is 3.68. The van der Waals surface area contributed by atoms with E-state index in [1.54, 1.807) is 4.90 Å². The molecule has 1 amide bonds. The summed E-state index contributed by atoms with van der Waals surface area (Å²) in [4.78, 5) is 13.9. The molecule has 2 aliphatic rings. The standard InChI is InChI=1S/C12H23N3O2/c1-15(9-10-4-2-3-7-17-10)12(16)11-8-13-5-6-14-11/h10-11,13-14H,2-9H2,1H3. The Morgan fingerprint density at radius 3 is 2.94 bits per heavy atom. The molecule has 2 unspecified atom stereocenters. The number of hydrogen-bond donors (Lipinski definition) is 2. The third-order valence-corrected chi connectivity index (χ3v) is 3.47. The summed E-state index contributed by atoms with van der Waals surface area (Å²) in [5.41, 5.74) is 0. The van der Waals surface area contributed by atoms with Crippen LogP contribution in [0.3, 0.4) is 0 Å². The average Bonchev–Trinajstić information content (AvgIpc) is 2.40. The van der Waals surface area contributed by atoms with Crippen LogP contribution in [0.4, 0.5) is 0 Å². The van der Waals surface area contributed by atoms with Crippen LogP contribution in [-0.2, 0) is 9.53 Å². The molecule has 0 aliphatic carbocycles. The zero-order valence-electron chi connectivity index (χ0n) is 10.6. The van der Waals surface area contributed by atoms with Crippen molar-refractivity contribution < 1.29 is 9.53 Å². The van der Waals surface area contributed by atoms with E-state index in [-0.39, 0.29) is 18.1 Å². The molecule has 98 valence electrons. The van der Waals surface area contributed by atoms with Crippen molar-refractivity contribution in [3.05, 3.63) is 0 Å². The van der Waals surface area contributed by atoms with E-state index in [9.17, 15) is 4.79 Å². The highest BCUT2D eigenvalue weighted by Crippen LogP contribution is 2.13. The molecule has 0 aromatic rings. The second-order valence-electron chi connectivity index (χ2n) is 4.92. The Morgan fingerprint density at radius 2 is 2.29 bits per heavy atom. The fraction of sp³-hybridized carbons (Fsp3) is 0.917. The minimum absolute atomic E-state index is 0.0719. The third-order valence-electron chi connectivity index (χ3n) is 3.47. The summed E-state index contributed by atoms with van der Waals surface area (Å²) < 4.78 is 5.66. The molecule has 2 rings (SSSR count). The van der Waals surface area contributed by atoms with E-state index in [1.807, 2.05) is 7.05 Å².